The minimum absolute atomic E-state index is 0.300. The Labute approximate surface area is 73.6 Å². The van der Waals surface area contributed by atoms with E-state index in [0.717, 1.165) is 6.42 Å². The van der Waals surface area contributed by atoms with Crippen LogP contribution in [0, 0.1) is 11.8 Å². The Bertz CT molecular complexity index is 182. The van der Waals surface area contributed by atoms with Gasteiger partial charge in [0.15, 0.2) is 0 Å². The van der Waals surface area contributed by atoms with Crippen LogP contribution in [0.1, 0.15) is 20.3 Å². The summed E-state index contributed by atoms with van der Waals surface area (Å²) in [4.78, 5) is 10.2. The molecular weight excluding hydrogens is 152 g/mol. The topological polar surface area (TPSA) is 37.3 Å². The van der Waals surface area contributed by atoms with Crippen molar-refractivity contribution in [1.82, 2.24) is 0 Å². The minimum atomic E-state index is -0.881. The molecule has 0 aliphatic carbocycles. The number of hydrogen-bond donors (Lipinski definition) is 1. The fourth-order valence-electron chi connectivity index (χ4n) is 1.01. The molecule has 0 heterocycles. The normalized spacial score (nSPS) is 15.8. The van der Waals surface area contributed by atoms with Gasteiger partial charge >= 0.3 is 5.97 Å². The number of carboxylic acid groups (broad SMARTS) is 1. The lowest BCUT2D eigenvalue weighted by Gasteiger charge is -2.08. The van der Waals surface area contributed by atoms with Crippen LogP contribution >= 0.6 is 0 Å². The van der Waals surface area contributed by atoms with Crippen molar-refractivity contribution in [2.24, 2.45) is 11.8 Å². The number of hydrogen-bond acceptors (Lipinski definition) is 1. The van der Waals surface area contributed by atoms with Gasteiger partial charge in [-0.05, 0) is 18.3 Å². The van der Waals surface area contributed by atoms with Gasteiger partial charge < -0.3 is 5.11 Å². The third-order valence-electron chi connectivity index (χ3n) is 1.71. The Morgan fingerprint density at radius 2 is 2.08 bits per heavy atom. The van der Waals surface area contributed by atoms with E-state index < -0.39 is 5.97 Å². The number of carboxylic acids is 1. The maximum absolute atomic E-state index is 10.2. The Morgan fingerprint density at radius 1 is 1.50 bits per heavy atom. The van der Waals surface area contributed by atoms with Crippen molar-refractivity contribution in [2.45, 2.75) is 20.3 Å². The van der Waals surface area contributed by atoms with E-state index in [4.69, 9.17) is 5.11 Å². The summed E-state index contributed by atoms with van der Waals surface area (Å²) in [6.07, 6.45) is 5.74. The summed E-state index contributed by atoms with van der Waals surface area (Å²) in [6.45, 7) is 7.74. The van der Waals surface area contributed by atoms with Gasteiger partial charge in [-0.2, -0.15) is 0 Å². The van der Waals surface area contributed by atoms with Gasteiger partial charge in [0, 0.05) is 6.08 Å². The van der Waals surface area contributed by atoms with Crippen LogP contribution in [0.2, 0.25) is 0 Å². The van der Waals surface area contributed by atoms with E-state index in [1.54, 1.807) is 6.08 Å². The van der Waals surface area contributed by atoms with E-state index in [1.807, 2.05) is 13.0 Å². The summed E-state index contributed by atoms with van der Waals surface area (Å²) in [5, 5.41) is 8.35. The lowest BCUT2D eigenvalue weighted by Crippen LogP contribution is -1.98. The monoisotopic (exact) mass is 168 g/mol. The Morgan fingerprint density at radius 3 is 2.50 bits per heavy atom. The Balaban J connectivity index is 3.80. The van der Waals surface area contributed by atoms with Crippen LogP contribution < -0.4 is 0 Å². The van der Waals surface area contributed by atoms with Crippen molar-refractivity contribution >= 4 is 5.97 Å². The highest BCUT2D eigenvalue weighted by atomic mass is 16.4. The zero-order valence-electron chi connectivity index (χ0n) is 7.66. The fourth-order valence-corrected chi connectivity index (χ4v) is 1.01. The summed E-state index contributed by atoms with van der Waals surface area (Å²) < 4.78 is 0. The van der Waals surface area contributed by atoms with E-state index in [-0.39, 0.29) is 0 Å². The van der Waals surface area contributed by atoms with E-state index >= 15 is 0 Å². The summed E-state index contributed by atoms with van der Waals surface area (Å²) in [5.74, 6) is -0.138. The van der Waals surface area contributed by atoms with Crippen molar-refractivity contribution < 1.29 is 9.90 Å². The third kappa shape index (κ3) is 5.71. The molecule has 0 rings (SSSR count). The van der Waals surface area contributed by atoms with Crippen LogP contribution in [-0.2, 0) is 4.79 Å². The number of carbonyl (C=O) groups is 1. The number of rotatable bonds is 5. The highest BCUT2D eigenvalue weighted by molar-refractivity contribution is 5.79. The van der Waals surface area contributed by atoms with Crippen molar-refractivity contribution in [2.75, 3.05) is 0 Å². The van der Waals surface area contributed by atoms with Crippen molar-refractivity contribution in [3.63, 3.8) is 0 Å². The predicted octanol–water partition coefficient (Wildman–Crippen LogP) is 2.48. The first-order valence-electron chi connectivity index (χ1n) is 4.10. The maximum atomic E-state index is 10.2. The standard InChI is InChI=1S/C10H16O2/c1-4-8(2)7-9(3)5-6-10(11)12/h4-6,8-9H,1,7H2,2-3H3,(H,11,12)/b6-5+. The molecule has 0 amide bonds. The van der Waals surface area contributed by atoms with Gasteiger partial charge in [0.25, 0.3) is 0 Å². The van der Waals surface area contributed by atoms with Crippen LogP contribution in [0.25, 0.3) is 0 Å². The van der Waals surface area contributed by atoms with E-state index in [9.17, 15) is 4.79 Å². The van der Waals surface area contributed by atoms with Gasteiger partial charge in [0.1, 0.15) is 0 Å². The Hall–Kier alpha value is -1.05. The van der Waals surface area contributed by atoms with E-state index in [0.29, 0.717) is 11.8 Å². The van der Waals surface area contributed by atoms with Gasteiger partial charge in [0.05, 0.1) is 0 Å². The molecule has 0 bridgehead atoms. The molecule has 0 aromatic heterocycles. The third-order valence-corrected chi connectivity index (χ3v) is 1.71. The summed E-state index contributed by atoms with van der Waals surface area (Å²) in [7, 11) is 0. The second-order valence-corrected chi connectivity index (χ2v) is 3.12. The average Bonchev–Trinajstić information content (AvgIpc) is 2.00. The molecule has 0 saturated heterocycles. The summed E-state index contributed by atoms with van der Waals surface area (Å²) in [6, 6.07) is 0. The molecule has 0 aromatic rings. The molecule has 2 nitrogen and oxygen atoms in total. The molecule has 2 atom stereocenters. The predicted molar refractivity (Wildman–Crippen MR) is 49.9 cm³/mol. The molecule has 0 aliphatic rings. The lowest BCUT2D eigenvalue weighted by molar-refractivity contribution is -0.131. The first-order chi connectivity index (χ1) is 5.56. The first-order valence-corrected chi connectivity index (χ1v) is 4.10. The van der Waals surface area contributed by atoms with Gasteiger partial charge in [0.2, 0.25) is 0 Å². The zero-order chi connectivity index (χ0) is 9.56. The molecular formula is C10H16O2. The maximum Gasteiger partial charge on any atom is 0.327 e. The Kier molecular flexibility index (Phi) is 5.09. The first kappa shape index (κ1) is 11.0. The zero-order valence-corrected chi connectivity index (χ0v) is 7.66. The van der Waals surface area contributed by atoms with E-state index in [2.05, 4.69) is 13.5 Å². The SMILES string of the molecule is C=CC(C)CC(C)/C=C/C(=O)O. The molecule has 0 aliphatic heterocycles. The lowest BCUT2D eigenvalue weighted by atomic mass is 9.97. The quantitative estimate of drug-likeness (QED) is 0.505. The number of aliphatic carboxylic acids is 1. The summed E-state index contributed by atoms with van der Waals surface area (Å²) in [5.41, 5.74) is 0. The molecule has 2 unspecified atom stereocenters. The molecule has 68 valence electrons. The van der Waals surface area contributed by atoms with Crippen LogP contribution in [0.5, 0.6) is 0 Å². The van der Waals surface area contributed by atoms with Crippen LogP contribution in [0.3, 0.4) is 0 Å². The van der Waals surface area contributed by atoms with Crippen LogP contribution in [0.4, 0.5) is 0 Å². The molecule has 0 radical (unpaired) electrons. The van der Waals surface area contributed by atoms with Crippen molar-refractivity contribution in [3.05, 3.63) is 24.8 Å². The molecule has 1 N–H and O–H groups in total. The second-order valence-electron chi connectivity index (χ2n) is 3.12. The van der Waals surface area contributed by atoms with Gasteiger partial charge in [-0.25, -0.2) is 4.79 Å². The van der Waals surface area contributed by atoms with Gasteiger partial charge in [-0.1, -0.05) is 26.0 Å². The van der Waals surface area contributed by atoms with Crippen LogP contribution in [-0.4, -0.2) is 11.1 Å². The smallest absolute Gasteiger partial charge is 0.327 e. The summed E-state index contributed by atoms with van der Waals surface area (Å²) >= 11 is 0. The van der Waals surface area contributed by atoms with Crippen molar-refractivity contribution in [1.29, 1.82) is 0 Å². The highest BCUT2D eigenvalue weighted by Crippen LogP contribution is 2.13. The fraction of sp³-hybridized carbons (Fsp3) is 0.500. The molecule has 0 fully saturated rings. The molecule has 12 heavy (non-hydrogen) atoms. The molecule has 0 aromatic carbocycles. The largest absolute Gasteiger partial charge is 0.478 e. The van der Waals surface area contributed by atoms with Gasteiger partial charge in [-0.15, -0.1) is 6.58 Å². The second kappa shape index (κ2) is 5.58. The number of allylic oxidation sites excluding steroid dienone is 2. The molecule has 0 spiro atoms. The minimum Gasteiger partial charge on any atom is -0.478 e. The van der Waals surface area contributed by atoms with Gasteiger partial charge in [-0.3, -0.25) is 0 Å². The average molecular weight is 168 g/mol. The highest BCUT2D eigenvalue weighted by Gasteiger charge is 2.02. The molecule has 0 saturated carbocycles. The molecule has 2 heteroatoms. The van der Waals surface area contributed by atoms with Crippen LogP contribution in [0.15, 0.2) is 24.8 Å². The van der Waals surface area contributed by atoms with E-state index in [1.165, 1.54) is 6.08 Å². The van der Waals surface area contributed by atoms with Crippen molar-refractivity contribution in [3.8, 4) is 0 Å².